The quantitative estimate of drug-likeness (QED) is 0.245. The fraction of sp³-hybridized carbons (Fsp3) is 0.0769. The molecular formula is C13H13FN6O5S2. The van der Waals surface area contributed by atoms with Crippen molar-refractivity contribution >= 4 is 56.8 Å². The molecule has 0 bridgehead atoms. The Morgan fingerprint density at radius 1 is 1.41 bits per heavy atom. The second-order valence-electron chi connectivity index (χ2n) is 4.79. The van der Waals surface area contributed by atoms with Crippen LogP contribution in [0, 0.1) is 5.82 Å². The predicted molar refractivity (Wildman–Crippen MR) is 97.7 cm³/mol. The van der Waals surface area contributed by atoms with Crippen LogP contribution in [0.2, 0.25) is 0 Å². The molecule has 0 aliphatic rings. The first-order valence-electron chi connectivity index (χ1n) is 6.93. The van der Waals surface area contributed by atoms with Crippen molar-refractivity contribution in [3.63, 3.8) is 0 Å². The van der Waals surface area contributed by atoms with E-state index in [1.165, 1.54) is 11.6 Å². The Bertz CT molecular complexity index is 930. The number of carboxylic acids is 1. The predicted octanol–water partition coefficient (Wildman–Crippen LogP) is 0.467. The molecule has 2 rings (SSSR count). The number of carbonyl (C=O) groups is 2. The van der Waals surface area contributed by atoms with Crippen LogP contribution in [0.5, 0.6) is 0 Å². The zero-order valence-electron chi connectivity index (χ0n) is 13.3. The molecule has 1 aromatic heterocycles. The van der Waals surface area contributed by atoms with E-state index >= 15 is 0 Å². The molecule has 1 atom stereocenters. The van der Waals surface area contributed by atoms with Gasteiger partial charge in [0.2, 0.25) is 5.91 Å². The number of nitrogens with two attached hydrogens (primary N) is 2. The maximum atomic E-state index is 14.3. The summed E-state index contributed by atoms with van der Waals surface area (Å²) in [6, 6.07) is 3.22. The Hall–Kier alpha value is -3.10. The summed E-state index contributed by atoms with van der Waals surface area (Å²) in [5.74, 6) is -3.33. The number of amides is 1. The van der Waals surface area contributed by atoms with Crippen LogP contribution in [-0.2, 0) is 16.1 Å². The molecular weight excluding hydrogens is 403 g/mol. The normalized spacial score (nSPS) is 11.5. The number of carboxylic acid groups (broad SMARTS) is 1. The summed E-state index contributed by atoms with van der Waals surface area (Å²) in [5, 5.41) is 11.2. The third kappa shape index (κ3) is 4.96. The van der Waals surface area contributed by atoms with E-state index in [4.69, 9.17) is 16.6 Å². The number of guanidine groups is 1. The first kappa shape index (κ1) is 20.2. The molecule has 1 amide bonds. The van der Waals surface area contributed by atoms with Gasteiger partial charge in [0.05, 0.1) is 16.9 Å². The number of aromatic carboxylic acids is 1. The first-order chi connectivity index (χ1) is 12.7. The summed E-state index contributed by atoms with van der Waals surface area (Å²) < 4.78 is 36.2. The van der Waals surface area contributed by atoms with E-state index in [1.54, 1.807) is 0 Å². The maximum absolute atomic E-state index is 14.3. The summed E-state index contributed by atoms with van der Waals surface area (Å²) >= 11 is -1.91. The van der Waals surface area contributed by atoms with E-state index in [0.717, 1.165) is 23.5 Å². The van der Waals surface area contributed by atoms with Crippen molar-refractivity contribution in [1.82, 2.24) is 4.98 Å². The highest BCUT2D eigenvalue weighted by atomic mass is 32.2. The fourth-order valence-electron chi connectivity index (χ4n) is 1.89. The number of aromatic nitrogens is 1. The fourth-order valence-corrected chi connectivity index (χ4v) is 3.45. The monoisotopic (exact) mass is 416 g/mol. The van der Waals surface area contributed by atoms with Crippen molar-refractivity contribution in [3.05, 3.63) is 35.2 Å². The van der Waals surface area contributed by atoms with Gasteiger partial charge in [-0.3, -0.25) is 9.35 Å². The second kappa shape index (κ2) is 8.52. The SMILES string of the molecule is NC(N)=NCC(=O)Nc1ccc(N(c2scnc2C(=O)O)S(=O)O)cc1F. The van der Waals surface area contributed by atoms with Gasteiger partial charge in [-0.25, -0.2) is 27.7 Å². The van der Waals surface area contributed by atoms with Gasteiger partial charge in [0.25, 0.3) is 11.3 Å². The minimum absolute atomic E-state index is 0.123. The van der Waals surface area contributed by atoms with Gasteiger partial charge in [-0.05, 0) is 12.1 Å². The number of anilines is 3. The number of carbonyl (C=O) groups excluding carboxylic acids is 1. The molecule has 0 saturated heterocycles. The average molecular weight is 416 g/mol. The van der Waals surface area contributed by atoms with E-state index in [2.05, 4.69) is 15.3 Å². The standard InChI is InChI=1S/C13H13FN6O5S2/c14-7-3-6(1-2-8(7)19-9(21)4-17-13(15)16)20(27(24)25)11-10(12(22)23)18-5-26-11/h1-3,5H,4H2,(H,19,21)(H,22,23)(H,24,25)(H4,15,16,17). The molecule has 0 fully saturated rings. The lowest BCUT2D eigenvalue weighted by Crippen LogP contribution is -2.25. The molecule has 7 N–H and O–H groups in total. The van der Waals surface area contributed by atoms with Gasteiger partial charge in [-0.2, -0.15) is 0 Å². The number of halogens is 1. The summed E-state index contributed by atoms with van der Waals surface area (Å²) in [7, 11) is 0. The minimum atomic E-state index is -2.70. The zero-order valence-corrected chi connectivity index (χ0v) is 15.0. The number of hydrogen-bond donors (Lipinski definition) is 5. The highest BCUT2D eigenvalue weighted by Gasteiger charge is 2.25. The van der Waals surface area contributed by atoms with Gasteiger partial charge in [0.1, 0.15) is 17.4 Å². The highest BCUT2D eigenvalue weighted by molar-refractivity contribution is 7.81. The van der Waals surface area contributed by atoms with Gasteiger partial charge in [-0.1, -0.05) is 0 Å². The number of rotatable bonds is 7. The summed E-state index contributed by atoms with van der Waals surface area (Å²) in [4.78, 5) is 29.9. The molecule has 1 unspecified atom stereocenters. The molecule has 0 saturated carbocycles. The maximum Gasteiger partial charge on any atom is 0.357 e. The van der Waals surface area contributed by atoms with Crippen molar-refractivity contribution in [3.8, 4) is 0 Å². The van der Waals surface area contributed by atoms with E-state index in [1.807, 2.05) is 0 Å². The molecule has 2 aromatic rings. The molecule has 1 heterocycles. The van der Waals surface area contributed by atoms with Gasteiger partial charge < -0.3 is 21.9 Å². The summed E-state index contributed by atoms with van der Waals surface area (Å²) in [5.41, 5.74) is 10.6. The van der Waals surface area contributed by atoms with E-state index in [-0.39, 0.29) is 22.3 Å². The van der Waals surface area contributed by atoms with Crippen LogP contribution in [0.15, 0.2) is 28.7 Å². The Kier molecular flexibility index (Phi) is 6.38. The molecule has 11 nitrogen and oxygen atoms in total. The number of nitrogens with zero attached hydrogens (tertiary/aromatic N) is 3. The minimum Gasteiger partial charge on any atom is -0.476 e. The van der Waals surface area contributed by atoms with Crippen LogP contribution in [0.3, 0.4) is 0 Å². The lowest BCUT2D eigenvalue weighted by Gasteiger charge is -2.19. The van der Waals surface area contributed by atoms with Crippen LogP contribution < -0.4 is 21.1 Å². The first-order valence-corrected chi connectivity index (χ1v) is 8.87. The summed E-state index contributed by atoms with van der Waals surface area (Å²) in [6.07, 6.45) is 0. The van der Waals surface area contributed by atoms with E-state index < -0.39 is 41.2 Å². The van der Waals surface area contributed by atoms with Gasteiger partial charge in [-0.15, -0.1) is 11.3 Å². The van der Waals surface area contributed by atoms with Crippen LogP contribution in [0.25, 0.3) is 0 Å². The number of benzene rings is 1. The van der Waals surface area contributed by atoms with Crippen molar-refractivity contribution in [2.75, 3.05) is 16.2 Å². The number of aliphatic imine (C=N–C) groups is 1. The van der Waals surface area contributed by atoms with Crippen molar-refractivity contribution in [1.29, 1.82) is 0 Å². The van der Waals surface area contributed by atoms with Gasteiger partial charge in [0.15, 0.2) is 11.7 Å². The third-order valence-electron chi connectivity index (χ3n) is 2.96. The smallest absolute Gasteiger partial charge is 0.357 e. The molecule has 144 valence electrons. The Morgan fingerprint density at radius 3 is 2.67 bits per heavy atom. The van der Waals surface area contributed by atoms with Crippen molar-refractivity contribution < 1.29 is 27.8 Å². The van der Waals surface area contributed by atoms with Crippen LogP contribution >= 0.6 is 11.3 Å². The summed E-state index contributed by atoms with van der Waals surface area (Å²) in [6.45, 7) is -0.418. The number of thiazole rings is 1. The molecule has 1 aromatic carbocycles. The molecule has 0 spiro atoms. The average Bonchev–Trinajstić information content (AvgIpc) is 3.04. The topological polar surface area (TPSA) is 184 Å². The Labute approximate surface area is 157 Å². The lowest BCUT2D eigenvalue weighted by atomic mass is 10.2. The zero-order chi connectivity index (χ0) is 20.1. The molecule has 0 aliphatic carbocycles. The molecule has 14 heteroatoms. The molecule has 27 heavy (non-hydrogen) atoms. The Morgan fingerprint density at radius 2 is 2.11 bits per heavy atom. The van der Waals surface area contributed by atoms with Crippen LogP contribution in [0.4, 0.5) is 20.8 Å². The number of hydrogen-bond acceptors (Lipinski definition) is 6. The van der Waals surface area contributed by atoms with Crippen LogP contribution in [0.1, 0.15) is 10.5 Å². The Balaban J connectivity index is 2.32. The van der Waals surface area contributed by atoms with E-state index in [9.17, 15) is 22.7 Å². The largest absolute Gasteiger partial charge is 0.476 e. The molecule has 0 radical (unpaired) electrons. The third-order valence-corrected chi connectivity index (χ3v) is 4.59. The molecule has 0 aliphatic heterocycles. The number of nitrogens with one attached hydrogen (secondary N) is 1. The van der Waals surface area contributed by atoms with Crippen LogP contribution in [-0.4, -0.2) is 43.2 Å². The van der Waals surface area contributed by atoms with Crippen molar-refractivity contribution in [2.45, 2.75) is 0 Å². The van der Waals surface area contributed by atoms with Gasteiger partial charge in [0, 0.05) is 6.07 Å². The van der Waals surface area contributed by atoms with E-state index in [0.29, 0.717) is 4.31 Å². The second-order valence-corrected chi connectivity index (χ2v) is 6.45. The lowest BCUT2D eigenvalue weighted by molar-refractivity contribution is -0.114. The highest BCUT2D eigenvalue weighted by Crippen LogP contribution is 2.34. The van der Waals surface area contributed by atoms with Gasteiger partial charge >= 0.3 is 5.97 Å². The van der Waals surface area contributed by atoms with Crippen molar-refractivity contribution in [2.24, 2.45) is 16.5 Å².